The monoisotopic (exact) mass is 877 g/mol. The van der Waals surface area contributed by atoms with Crippen LogP contribution >= 0.6 is 11.6 Å². The molecule has 2 aromatic carbocycles. The number of hydrogen-bond donors (Lipinski definition) is 0. The van der Waals surface area contributed by atoms with E-state index in [1.807, 2.05) is 45.0 Å². The second kappa shape index (κ2) is 21.1. The van der Waals surface area contributed by atoms with Gasteiger partial charge in [0.2, 0.25) is 0 Å². The van der Waals surface area contributed by atoms with Crippen LogP contribution in [0.2, 0.25) is 5.02 Å². The first-order valence-corrected chi connectivity index (χ1v) is 12.9. The van der Waals surface area contributed by atoms with Gasteiger partial charge in [-0.2, -0.15) is 0 Å². The van der Waals surface area contributed by atoms with Crippen LogP contribution in [-0.2, 0) is 19.0 Å². The van der Waals surface area contributed by atoms with Gasteiger partial charge in [0.15, 0.2) is 0 Å². The molecule has 2 aromatic rings. The predicted molar refractivity (Wildman–Crippen MR) is 144 cm³/mol. The van der Waals surface area contributed by atoms with E-state index in [4.69, 9.17) is 30.5 Å². The van der Waals surface area contributed by atoms with Gasteiger partial charge < -0.3 is 26.4 Å². The summed E-state index contributed by atoms with van der Waals surface area (Å²) in [5, 5.41) is 0.709. The third-order valence-corrected chi connectivity index (χ3v) is 6.38. The van der Waals surface area contributed by atoms with Crippen LogP contribution in [0.3, 0.4) is 0 Å². The first-order valence-electron chi connectivity index (χ1n) is 12.5. The molecule has 0 spiro atoms. The van der Waals surface area contributed by atoms with E-state index in [0.717, 1.165) is 35.5 Å². The van der Waals surface area contributed by atoms with E-state index < -0.39 is 0 Å². The summed E-state index contributed by atoms with van der Waals surface area (Å²) in [6.07, 6.45) is 0.841. The molecule has 2 fully saturated rings. The minimum Gasteiger partial charge on any atom is -0.546 e. The fraction of sp³-hybridized carbons (Fsp3) is 0.483. The van der Waals surface area contributed by atoms with Gasteiger partial charge in [0.25, 0.3) is 0 Å². The summed E-state index contributed by atoms with van der Waals surface area (Å²) >= 11 is 6.78. The fourth-order valence-corrected chi connectivity index (χ4v) is 4.74. The van der Waals surface area contributed by atoms with Gasteiger partial charge in [-0.15, -0.1) is 6.42 Å². The summed E-state index contributed by atoms with van der Waals surface area (Å²) in [5.41, 5.74) is 3.19. The van der Waals surface area contributed by atoms with E-state index >= 15 is 0 Å². The molecule has 3 unspecified atom stereocenters. The number of esters is 1. The largest absolute Gasteiger partial charge is 1.00 e. The van der Waals surface area contributed by atoms with Crippen molar-refractivity contribution in [2.24, 2.45) is 0 Å². The number of halogens is 1. The molecule has 203 valence electrons. The number of carbonyl (C=O) groups excluding carboxylic acids is 1. The van der Waals surface area contributed by atoms with E-state index in [1.54, 1.807) is 6.61 Å². The molecule has 1 radical (unpaired) electrons. The van der Waals surface area contributed by atoms with Crippen molar-refractivity contribution in [3.8, 4) is 5.75 Å². The van der Waals surface area contributed by atoms with Crippen LogP contribution in [-0.4, -0.2) is 49.9 Å². The molecule has 9 heteroatoms. The number of hydrogen-bond acceptors (Lipinski definition) is 6. The maximum absolute atomic E-state index is 11.4. The Morgan fingerprint density at radius 3 is 2.42 bits per heavy atom. The zero-order valence-electron chi connectivity index (χ0n) is 23.7. The third kappa shape index (κ3) is 11.6. The summed E-state index contributed by atoms with van der Waals surface area (Å²) in [5.74, 6) is 0.582. The number of nitrogens with zero attached hydrogens (tertiary/aromatic N) is 1. The summed E-state index contributed by atoms with van der Waals surface area (Å²) in [6, 6.07) is 14.3. The molecule has 0 bridgehead atoms. The van der Waals surface area contributed by atoms with E-state index in [1.165, 1.54) is 6.92 Å². The maximum Gasteiger partial charge on any atom is 1.00 e. The molecular weight excluding hydrogens is 838 g/mol. The van der Waals surface area contributed by atoms with Gasteiger partial charge in [-0.25, -0.2) is 6.61 Å². The second-order valence-electron chi connectivity index (χ2n) is 8.33. The fourth-order valence-electron chi connectivity index (χ4n) is 4.52. The minimum atomic E-state index is -0.270. The van der Waals surface area contributed by atoms with Crippen molar-refractivity contribution in [1.82, 2.24) is 4.90 Å². The van der Waals surface area contributed by atoms with Crippen LogP contribution in [0.4, 0.5) is 0 Å². The molecule has 0 saturated carbocycles. The van der Waals surface area contributed by atoms with Crippen molar-refractivity contribution in [3.63, 3.8) is 0 Å². The normalized spacial score (nSPS) is 19.7. The van der Waals surface area contributed by atoms with Gasteiger partial charge in [0.1, 0.15) is 5.75 Å². The van der Waals surface area contributed by atoms with Gasteiger partial charge in [-0.05, 0) is 47.9 Å². The molecule has 4 rings (SSSR count). The smallest absolute Gasteiger partial charge is 0.546 e. The van der Waals surface area contributed by atoms with Crippen LogP contribution < -0.4 is 73.6 Å². The number of rotatable bonds is 7. The van der Waals surface area contributed by atoms with E-state index in [2.05, 4.69) is 23.1 Å². The van der Waals surface area contributed by atoms with Crippen molar-refractivity contribution in [2.75, 3.05) is 32.9 Å². The van der Waals surface area contributed by atoms with Gasteiger partial charge in [0.05, 0.1) is 38.1 Å². The molecular formula is C29H40AcClCsNO5-. The Morgan fingerprint density at radius 2 is 1.82 bits per heavy atom. The molecule has 2 aliphatic rings. The van der Waals surface area contributed by atoms with Gasteiger partial charge >= 0.3 is 74.9 Å². The number of morpholine rings is 1. The Morgan fingerprint density at radius 1 is 1.16 bits per heavy atom. The summed E-state index contributed by atoms with van der Waals surface area (Å²) in [6.45, 7) is 12.8. The number of ether oxygens (including phenoxy) is 4. The molecule has 0 N–H and O–H groups in total. The van der Waals surface area contributed by atoms with Gasteiger partial charge in [0, 0.05) is 75.5 Å². The number of carbonyl (C=O) groups is 1. The van der Waals surface area contributed by atoms with Crippen molar-refractivity contribution in [1.29, 1.82) is 0 Å². The predicted octanol–water partition coefficient (Wildman–Crippen LogP) is 3.59. The Labute approximate surface area is 329 Å². The molecule has 0 aliphatic carbocycles. The van der Waals surface area contributed by atoms with Crippen molar-refractivity contribution >= 4 is 17.6 Å². The molecule has 2 saturated heterocycles. The first kappa shape index (κ1) is 39.4. The van der Waals surface area contributed by atoms with Crippen LogP contribution in [0.15, 0.2) is 42.5 Å². The summed E-state index contributed by atoms with van der Waals surface area (Å²) < 4.78 is 22.6. The van der Waals surface area contributed by atoms with Crippen molar-refractivity contribution in [3.05, 3.63) is 78.2 Å². The zero-order valence-corrected chi connectivity index (χ0v) is 35.5. The standard InChI is InChI=1S/C26H31ClNO5.C2H6.CH3.Ac.Cs/c1-3-31-21-7-4-19(5-8-21)26(28-11-14-30-15-12-28)23-16-20(6-9-24(23)27)25-17-22(10-13-32-25)33-18(2)29;1-2;;;/h4-9,13,16,22,25-26H,3,10-12,14-15,17H2,1-2H3;1-2H3;1H3;;/q-1;;-1;;+1. The van der Waals surface area contributed by atoms with E-state index in [0.29, 0.717) is 37.7 Å². The molecule has 38 heavy (non-hydrogen) atoms. The quantitative estimate of drug-likeness (QED) is 0.314. The molecule has 6 nitrogen and oxygen atoms in total. The maximum atomic E-state index is 11.4. The van der Waals surface area contributed by atoms with Gasteiger partial charge in [-0.1, -0.05) is 43.6 Å². The van der Waals surface area contributed by atoms with E-state index in [-0.39, 0.29) is 145 Å². The van der Waals surface area contributed by atoms with Crippen LogP contribution in [0.1, 0.15) is 69.4 Å². The van der Waals surface area contributed by atoms with Crippen molar-refractivity contribution in [2.45, 2.75) is 58.8 Å². The van der Waals surface area contributed by atoms with Crippen LogP contribution in [0, 0.1) is 58.1 Å². The Bertz CT molecular complexity index is 943. The molecule has 2 heterocycles. The summed E-state index contributed by atoms with van der Waals surface area (Å²) in [4.78, 5) is 13.8. The number of benzene rings is 2. The molecule has 3 atom stereocenters. The Balaban J connectivity index is 0.00000267. The Hall–Kier alpha value is 1.37. The molecule has 0 aromatic heterocycles. The van der Waals surface area contributed by atoms with E-state index in [9.17, 15) is 4.79 Å². The average Bonchev–Trinajstić information content (AvgIpc) is 2.88. The van der Waals surface area contributed by atoms with Crippen LogP contribution in [0.25, 0.3) is 0 Å². The average molecular weight is 878 g/mol. The second-order valence-corrected chi connectivity index (χ2v) is 8.74. The topological polar surface area (TPSA) is 57.2 Å². The SMILES string of the molecule is CC.CCOc1ccc(C(c2cc(C3CC(OC(C)=O)C[CH-]O3)ccc2Cl)N2CCOCC2)cc1.[Ac].[CH3-].[Cs+]. The van der Waals surface area contributed by atoms with Gasteiger partial charge in [-0.3, -0.25) is 9.69 Å². The Kier molecular flexibility index (Phi) is 21.9. The summed E-state index contributed by atoms with van der Waals surface area (Å²) in [7, 11) is 0. The third-order valence-electron chi connectivity index (χ3n) is 6.03. The minimum absolute atomic E-state index is 0. The van der Waals surface area contributed by atoms with Crippen molar-refractivity contribution < 1.29 is 137 Å². The first-order chi connectivity index (χ1) is 17.0. The zero-order chi connectivity index (χ0) is 25.2. The molecule has 0 amide bonds. The van der Waals surface area contributed by atoms with Crippen LogP contribution in [0.5, 0.6) is 5.75 Å². The molecule has 2 aliphatic heterocycles.